The second-order valence-electron chi connectivity index (χ2n) is 8.23. The number of anilines is 1. The molecule has 1 aliphatic heterocycles. The third-order valence-corrected chi connectivity index (χ3v) is 6.20. The molecule has 0 amide bonds. The summed E-state index contributed by atoms with van der Waals surface area (Å²) in [6.07, 6.45) is -3.66. The highest BCUT2D eigenvalue weighted by molar-refractivity contribution is 7.86. The van der Waals surface area contributed by atoms with E-state index >= 15 is 0 Å². The maximum absolute atomic E-state index is 13.0. The third kappa shape index (κ3) is 5.89. The maximum atomic E-state index is 13.0. The Balaban J connectivity index is 0.000000396. The van der Waals surface area contributed by atoms with Gasteiger partial charge in [-0.3, -0.25) is 4.55 Å². The SMILES string of the molecule is CC(C)S(=O)(=O)O.CC1(C)CC(c2cccc([NH-])c2)Nc2ccc(C(F)(F)F)cc21. The predicted molar refractivity (Wildman–Crippen MR) is 113 cm³/mol. The Morgan fingerprint density at radius 1 is 1.17 bits per heavy atom. The van der Waals surface area contributed by atoms with Gasteiger partial charge < -0.3 is 11.1 Å². The first-order chi connectivity index (χ1) is 13.6. The first-order valence-corrected chi connectivity index (χ1v) is 10.9. The van der Waals surface area contributed by atoms with Crippen molar-refractivity contribution >= 4 is 21.5 Å². The lowest BCUT2D eigenvalue weighted by atomic mass is 9.73. The molecule has 2 aromatic carbocycles. The number of rotatable bonds is 2. The number of nitrogens with one attached hydrogen (secondary N) is 2. The van der Waals surface area contributed by atoms with Gasteiger partial charge in [0.1, 0.15) is 0 Å². The van der Waals surface area contributed by atoms with Crippen molar-refractivity contribution in [2.45, 2.75) is 57.0 Å². The summed E-state index contributed by atoms with van der Waals surface area (Å²) >= 11 is 0. The Morgan fingerprint density at radius 3 is 2.27 bits per heavy atom. The summed E-state index contributed by atoms with van der Waals surface area (Å²) in [5, 5.41) is 2.65. The van der Waals surface area contributed by atoms with Crippen LogP contribution in [0.25, 0.3) is 5.73 Å². The highest BCUT2D eigenvalue weighted by Gasteiger charge is 2.37. The molecule has 1 heterocycles. The quantitative estimate of drug-likeness (QED) is 0.518. The van der Waals surface area contributed by atoms with Crippen LogP contribution in [0.2, 0.25) is 0 Å². The molecule has 1 unspecified atom stereocenters. The van der Waals surface area contributed by atoms with Crippen molar-refractivity contribution in [2.24, 2.45) is 0 Å². The fourth-order valence-corrected chi connectivity index (χ4v) is 3.22. The molecule has 0 radical (unpaired) electrons. The smallest absolute Gasteiger partial charge is 0.416 e. The number of hydrogen-bond donors (Lipinski definition) is 2. The molecular formula is C21H26F3N2O3S-. The first-order valence-electron chi connectivity index (χ1n) is 9.37. The van der Waals surface area contributed by atoms with Gasteiger partial charge in [-0.05, 0) is 55.0 Å². The zero-order chi connectivity index (χ0) is 22.9. The first kappa shape index (κ1) is 24.0. The molecule has 0 aromatic heterocycles. The summed E-state index contributed by atoms with van der Waals surface area (Å²) in [7, 11) is -3.74. The lowest BCUT2D eigenvalue weighted by molar-refractivity contribution is -0.137. The van der Waals surface area contributed by atoms with Gasteiger partial charge in [-0.25, -0.2) is 0 Å². The Bertz CT molecular complexity index is 1000. The summed E-state index contributed by atoms with van der Waals surface area (Å²) in [5.41, 5.74) is 9.57. The molecule has 3 rings (SSSR count). The van der Waals surface area contributed by atoms with Gasteiger partial charge in [0, 0.05) is 5.69 Å². The van der Waals surface area contributed by atoms with Crippen LogP contribution in [0.1, 0.15) is 56.8 Å². The summed E-state index contributed by atoms with van der Waals surface area (Å²) in [4.78, 5) is 0. The van der Waals surface area contributed by atoms with Crippen molar-refractivity contribution in [1.82, 2.24) is 0 Å². The average molecular weight is 444 g/mol. The molecule has 0 saturated heterocycles. The lowest BCUT2D eigenvalue weighted by Gasteiger charge is -2.39. The molecule has 0 aliphatic carbocycles. The average Bonchev–Trinajstić information content (AvgIpc) is 2.59. The topological polar surface area (TPSA) is 90.2 Å². The molecule has 166 valence electrons. The second kappa shape index (κ2) is 8.47. The highest BCUT2D eigenvalue weighted by Crippen LogP contribution is 2.46. The van der Waals surface area contributed by atoms with Crippen LogP contribution in [-0.2, 0) is 21.7 Å². The van der Waals surface area contributed by atoms with Gasteiger partial charge in [0.2, 0.25) is 0 Å². The minimum Gasteiger partial charge on any atom is -0.699 e. The van der Waals surface area contributed by atoms with Crippen molar-refractivity contribution in [2.75, 3.05) is 5.32 Å². The van der Waals surface area contributed by atoms with Crippen LogP contribution in [0.15, 0.2) is 42.5 Å². The third-order valence-electron chi connectivity index (χ3n) is 5.00. The number of alkyl halides is 3. The normalized spacial score (nSPS) is 18.1. The van der Waals surface area contributed by atoms with E-state index in [1.54, 1.807) is 12.1 Å². The monoisotopic (exact) mass is 443 g/mol. The van der Waals surface area contributed by atoms with Crippen LogP contribution in [-0.4, -0.2) is 18.2 Å². The summed E-state index contributed by atoms with van der Waals surface area (Å²) in [6.45, 7) is 6.75. The molecule has 9 heteroatoms. The van der Waals surface area contributed by atoms with E-state index in [-0.39, 0.29) is 11.5 Å². The van der Waals surface area contributed by atoms with E-state index in [2.05, 4.69) is 5.32 Å². The predicted octanol–water partition coefficient (Wildman–Crippen LogP) is 6.51. The second-order valence-corrected chi connectivity index (χ2v) is 10.2. The van der Waals surface area contributed by atoms with E-state index < -0.39 is 27.1 Å². The van der Waals surface area contributed by atoms with Crippen LogP contribution in [0, 0.1) is 0 Å². The fraction of sp³-hybridized carbons (Fsp3) is 0.429. The van der Waals surface area contributed by atoms with Crippen LogP contribution >= 0.6 is 0 Å². The molecule has 5 nitrogen and oxygen atoms in total. The Morgan fingerprint density at radius 2 is 1.77 bits per heavy atom. The molecule has 3 N–H and O–H groups in total. The van der Waals surface area contributed by atoms with E-state index in [0.29, 0.717) is 17.7 Å². The summed E-state index contributed by atoms with van der Waals surface area (Å²) < 4.78 is 66.7. The minimum absolute atomic E-state index is 0.0143. The number of hydrogen-bond acceptors (Lipinski definition) is 3. The summed E-state index contributed by atoms with van der Waals surface area (Å²) in [6, 6.07) is 11.1. The molecule has 1 aliphatic rings. The minimum atomic E-state index is -4.33. The molecule has 30 heavy (non-hydrogen) atoms. The van der Waals surface area contributed by atoms with Crippen LogP contribution < -0.4 is 5.32 Å². The largest absolute Gasteiger partial charge is 0.699 e. The molecule has 0 saturated carbocycles. The van der Waals surface area contributed by atoms with Gasteiger partial charge in [-0.15, -0.1) is 5.69 Å². The Hall–Kier alpha value is -2.26. The van der Waals surface area contributed by atoms with E-state index in [9.17, 15) is 21.6 Å². The van der Waals surface area contributed by atoms with Gasteiger partial charge >= 0.3 is 6.18 Å². The zero-order valence-electron chi connectivity index (χ0n) is 17.2. The standard InChI is InChI=1S/C18H18F3N2.C3H8O3S/c1-17(2)10-16(11-4-3-5-13(22)8-11)23-15-7-6-12(9-14(15)17)18(19,20)21;1-3(2)7(4,5)6/h3-9,16,22-23H,10H2,1-2H3;3H,1-2H3,(H,4,5,6)/q-1;. The molecule has 0 fully saturated rings. The van der Waals surface area contributed by atoms with E-state index in [0.717, 1.165) is 17.3 Å². The van der Waals surface area contributed by atoms with Gasteiger partial charge in [-0.2, -0.15) is 21.6 Å². The van der Waals surface area contributed by atoms with Gasteiger partial charge in [0.15, 0.2) is 0 Å². The van der Waals surface area contributed by atoms with Crippen molar-refractivity contribution in [3.05, 3.63) is 64.9 Å². The summed E-state index contributed by atoms with van der Waals surface area (Å²) in [5.74, 6) is 0. The zero-order valence-corrected chi connectivity index (χ0v) is 18.0. The van der Waals surface area contributed by atoms with Crippen LogP contribution in [0.3, 0.4) is 0 Å². The van der Waals surface area contributed by atoms with Crippen molar-refractivity contribution in [1.29, 1.82) is 0 Å². The number of halogens is 3. The van der Waals surface area contributed by atoms with Gasteiger partial charge in [0.25, 0.3) is 10.1 Å². The van der Waals surface area contributed by atoms with Crippen molar-refractivity contribution in [3.63, 3.8) is 0 Å². The van der Waals surface area contributed by atoms with Crippen LogP contribution in [0.4, 0.5) is 24.5 Å². The van der Waals surface area contributed by atoms with Gasteiger partial charge in [0.05, 0.1) is 16.9 Å². The Kier molecular flexibility index (Phi) is 6.78. The molecule has 1 atom stereocenters. The van der Waals surface area contributed by atoms with E-state index in [1.165, 1.54) is 26.0 Å². The molecule has 0 spiro atoms. The van der Waals surface area contributed by atoms with Gasteiger partial charge in [-0.1, -0.05) is 38.1 Å². The molecular weight excluding hydrogens is 417 g/mol. The number of fused-ring (bicyclic) bond motifs is 1. The van der Waals surface area contributed by atoms with Crippen molar-refractivity contribution < 1.29 is 26.1 Å². The van der Waals surface area contributed by atoms with Crippen molar-refractivity contribution in [3.8, 4) is 0 Å². The fourth-order valence-electron chi connectivity index (χ4n) is 3.22. The molecule has 2 aromatic rings. The maximum Gasteiger partial charge on any atom is 0.416 e. The van der Waals surface area contributed by atoms with E-state index in [4.69, 9.17) is 10.3 Å². The molecule has 0 bridgehead atoms. The number of benzene rings is 2. The highest BCUT2D eigenvalue weighted by atomic mass is 32.2. The van der Waals surface area contributed by atoms with Crippen LogP contribution in [0.5, 0.6) is 0 Å². The van der Waals surface area contributed by atoms with E-state index in [1.807, 2.05) is 26.0 Å². The Labute approximate surface area is 175 Å². The lowest BCUT2D eigenvalue weighted by Crippen LogP contribution is -2.31.